The van der Waals surface area contributed by atoms with E-state index in [1.807, 2.05) is 4.90 Å². The highest BCUT2D eigenvalue weighted by atomic mass is 32.2. The molecule has 4 N–H and O–H groups in total. The number of alkyl halides is 2. The molecule has 2 unspecified atom stereocenters. The number of H-pyrrole nitrogens is 1. The average Bonchev–Trinajstić information content (AvgIpc) is 3.22. The van der Waals surface area contributed by atoms with Gasteiger partial charge in [-0.15, -0.1) is 0 Å². The SMILES string of the molecule is CC1=C(F)C(CNS(C)=O)CN(c2cc(-c3cnc(/C=C\C(=[NH2+])C(F)F)[nH]3)ncn2)C1. The van der Waals surface area contributed by atoms with Gasteiger partial charge in [-0.3, -0.25) is 5.41 Å². The summed E-state index contributed by atoms with van der Waals surface area (Å²) in [4.78, 5) is 17.5. The number of rotatable bonds is 8. The van der Waals surface area contributed by atoms with E-state index in [0.717, 1.165) is 6.08 Å². The molecule has 166 valence electrons. The van der Waals surface area contributed by atoms with E-state index in [2.05, 4.69) is 24.7 Å². The van der Waals surface area contributed by atoms with Crippen molar-refractivity contribution >= 4 is 28.6 Å². The van der Waals surface area contributed by atoms with Crippen molar-refractivity contribution in [2.24, 2.45) is 5.92 Å². The van der Waals surface area contributed by atoms with Gasteiger partial charge in [-0.2, -0.15) is 8.78 Å². The van der Waals surface area contributed by atoms with Crippen molar-refractivity contribution < 1.29 is 22.8 Å². The number of aromatic nitrogens is 4. The second-order valence-corrected chi connectivity index (χ2v) is 8.28. The second kappa shape index (κ2) is 9.96. The van der Waals surface area contributed by atoms with Gasteiger partial charge in [0.2, 0.25) is 5.71 Å². The van der Waals surface area contributed by atoms with E-state index in [1.54, 1.807) is 13.0 Å². The molecule has 2 aromatic rings. The Morgan fingerprint density at radius 3 is 2.94 bits per heavy atom. The molecule has 12 heteroatoms. The molecule has 3 heterocycles. The molecule has 0 fully saturated rings. The summed E-state index contributed by atoms with van der Waals surface area (Å²) in [6.45, 7) is 2.70. The highest BCUT2D eigenvalue weighted by Crippen LogP contribution is 2.28. The normalized spacial score (nSPS) is 18.3. The monoisotopic (exact) mass is 454 g/mol. The first kappa shape index (κ1) is 22.8. The molecule has 0 saturated carbocycles. The van der Waals surface area contributed by atoms with Crippen LogP contribution in [0.3, 0.4) is 0 Å². The molecule has 0 spiro atoms. The van der Waals surface area contributed by atoms with E-state index in [9.17, 15) is 17.4 Å². The average molecular weight is 455 g/mol. The van der Waals surface area contributed by atoms with Crippen LogP contribution in [0, 0.1) is 5.92 Å². The lowest BCUT2D eigenvalue weighted by Gasteiger charge is -2.33. The molecular weight excluding hydrogens is 431 g/mol. The van der Waals surface area contributed by atoms with Crippen LogP contribution in [0.1, 0.15) is 12.7 Å². The first-order chi connectivity index (χ1) is 14.7. The number of imidazole rings is 1. The van der Waals surface area contributed by atoms with Crippen molar-refractivity contribution in [2.75, 3.05) is 30.8 Å². The molecule has 0 bridgehead atoms. The molecule has 0 aromatic carbocycles. The van der Waals surface area contributed by atoms with Crippen LogP contribution in [0.15, 0.2) is 36.1 Å². The van der Waals surface area contributed by atoms with Crippen molar-refractivity contribution in [1.82, 2.24) is 24.7 Å². The summed E-state index contributed by atoms with van der Waals surface area (Å²) in [5, 5.41) is 5.22. The van der Waals surface area contributed by atoms with E-state index in [-0.39, 0.29) is 12.4 Å². The minimum Gasteiger partial charge on any atom is -0.352 e. The zero-order valence-corrected chi connectivity index (χ0v) is 17.8. The highest BCUT2D eigenvalue weighted by Gasteiger charge is 2.27. The number of aromatic amines is 1. The molecule has 2 atom stereocenters. The van der Waals surface area contributed by atoms with Gasteiger partial charge in [0.05, 0.1) is 28.6 Å². The fourth-order valence-corrected chi connectivity index (χ4v) is 3.57. The largest absolute Gasteiger partial charge is 0.352 e. The van der Waals surface area contributed by atoms with Crippen LogP contribution >= 0.6 is 0 Å². The molecule has 0 amide bonds. The third kappa shape index (κ3) is 5.85. The van der Waals surface area contributed by atoms with Crippen LogP contribution in [0.4, 0.5) is 19.0 Å². The Bertz CT molecular complexity index is 1040. The van der Waals surface area contributed by atoms with Gasteiger partial charge in [0.15, 0.2) is 0 Å². The van der Waals surface area contributed by atoms with Crippen LogP contribution in [0.25, 0.3) is 17.5 Å². The molecule has 31 heavy (non-hydrogen) atoms. The molecule has 0 saturated heterocycles. The minimum atomic E-state index is -2.74. The molecule has 3 rings (SSSR count). The van der Waals surface area contributed by atoms with Crippen molar-refractivity contribution in [3.05, 3.63) is 41.9 Å². The lowest BCUT2D eigenvalue weighted by Crippen LogP contribution is -2.42. The van der Waals surface area contributed by atoms with E-state index < -0.39 is 29.0 Å². The van der Waals surface area contributed by atoms with Gasteiger partial charge < -0.3 is 9.88 Å². The van der Waals surface area contributed by atoms with Crippen molar-refractivity contribution in [2.45, 2.75) is 13.3 Å². The van der Waals surface area contributed by atoms with E-state index in [0.29, 0.717) is 41.7 Å². The van der Waals surface area contributed by atoms with E-state index in [4.69, 9.17) is 5.41 Å². The van der Waals surface area contributed by atoms with Gasteiger partial charge in [0, 0.05) is 44.0 Å². The summed E-state index contributed by atoms with van der Waals surface area (Å²) in [5.41, 5.74) is 1.13. The van der Waals surface area contributed by atoms with Crippen LogP contribution in [0.2, 0.25) is 0 Å². The third-order valence-electron chi connectivity index (χ3n) is 4.70. The number of hydrogen-bond acceptors (Lipinski definition) is 5. The van der Waals surface area contributed by atoms with Crippen LogP contribution < -0.4 is 15.0 Å². The van der Waals surface area contributed by atoms with Crippen molar-refractivity contribution in [3.63, 3.8) is 0 Å². The quantitative estimate of drug-likeness (QED) is 0.514. The molecule has 8 nitrogen and oxygen atoms in total. The Hall–Kier alpha value is -2.86. The zero-order chi connectivity index (χ0) is 22.5. The van der Waals surface area contributed by atoms with Gasteiger partial charge in [0.25, 0.3) is 0 Å². The van der Waals surface area contributed by atoms with Gasteiger partial charge in [-0.05, 0) is 18.6 Å². The lowest BCUT2D eigenvalue weighted by molar-refractivity contribution is -0.124. The maximum Gasteiger partial charge on any atom is 0.320 e. The van der Waals surface area contributed by atoms with Crippen LogP contribution in [-0.2, 0) is 11.0 Å². The van der Waals surface area contributed by atoms with Crippen LogP contribution in [-0.4, -0.2) is 62.2 Å². The topological polar surface area (TPSA) is 112 Å². The molecule has 2 aromatic heterocycles. The second-order valence-electron chi connectivity index (χ2n) is 7.09. The predicted octanol–water partition coefficient (Wildman–Crippen LogP) is 0.908. The Morgan fingerprint density at radius 1 is 1.45 bits per heavy atom. The summed E-state index contributed by atoms with van der Waals surface area (Å²) in [5.74, 6) is 0.294. The van der Waals surface area contributed by atoms with Crippen molar-refractivity contribution in [3.8, 4) is 11.4 Å². The summed E-state index contributed by atoms with van der Waals surface area (Å²) in [6.07, 6.45) is 4.12. The van der Waals surface area contributed by atoms with Gasteiger partial charge >= 0.3 is 6.43 Å². The number of allylic oxidation sites excluding steroid dienone is 1. The molecular formula is C19H23F3N7OS+. The number of nitrogens with two attached hydrogens (primary N) is 1. The van der Waals surface area contributed by atoms with E-state index >= 15 is 0 Å². The smallest absolute Gasteiger partial charge is 0.320 e. The molecule has 0 radical (unpaired) electrons. The van der Waals surface area contributed by atoms with E-state index in [1.165, 1.54) is 24.9 Å². The Balaban J connectivity index is 1.78. The standard InChI is InChI=1S/C19H22F3N7OS/c1-11-8-29(9-12(18(11)20)6-27-31(2)30)17-5-14(25-10-26-17)15-7-24-16(28-15)4-3-13(23)19(21)22/h3-5,7,10,12,19,23,27H,6,8-9H2,1-2H3,(H,24,28)/p+1/b4-3-,23-13?. The molecule has 0 aliphatic carbocycles. The third-order valence-corrected chi connectivity index (χ3v) is 5.27. The predicted molar refractivity (Wildman–Crippen MR) is 113 cm³/mol. The summed E-state index contributed by atoms with van der Waals surface area (Å²) in [7, 11) is -1.23. The number of nitrogens with one attached hydrogen (secondary N) is 2. The first-order valence-electron chi connectivity index (χ1n) is 9.37. The first-order valence-corrected chi connectivity index (χ1v) is 10.9. The molecule has 1 aliphatic rings. The minimum absolute atomic E-state index is 0.201. The number of nitrogens with zero attached hydrogens (tertiary/aromatic N) is 4. The highest BCUT2D eigenvalue weighted by molar-refractivity contribution is 7.82. The number of halogens is 3. The van der Waals surface area contributed by atoms with Crippen molar-refractivity contribution in [1.29, 1.82) is 0 Å². The number of hydrogen-bond donors (Lipinski definition) is 3. The maximum atomic E-state index is 14.5. The molecule has 1 aliphatic heterocycles. The zero-order valence-electron chi connectivity index (χ0n) is 17.0. The number of anilines is 1. The lowest BCUT2D eigenvalue weighted by atomic mass is 9.99. The summed E-state index contributed by atoms with van der Waals surface area (Å²) >= 11 is 0. The van der Waals surface area contributed by atoms with Gasteiger partial charge in [0.1, 0.15) is 23.8 Å². The Labute approximate surface area is 179 Å². The maximum absolute atomic E-state index is 14.5. The summed E-state index contributed by atoms with van der Waals surface area (Å²) in [6, 6.07) is 1.74. The Morgan fingerprint density at radius 2 is 2.23 bits per heavy atom. The summed E-state index contributed by atoms with van der Waals surface area (Å²) < 4.78 is 53.5. The van der Waals surface area contributed by atoms with Gasteiger partial charge in [-0.1, -0.05) is 0 Å². The fourth-order valence-electron chi connectivity index (χ4n) is 3.13. The van der Waals surface area contributed by atoms with Crippen LogP contribution in [0.5, 0.6) is 0 Å². The van der Waals surface area contributed by atoms with Gasteiger partial charge in [-0.25, -0.2) is 28.3 Å². The Kier molecular flexibility index (Phi) is 7.33. The fraction of sp³-hybridized carbons (Fsp3) is 0.368.